The van der Waals surface area contributed by atoms with Gasteiger partial charge < -0.3 is 14.5 Å². The number of benzene rings is 3. The summed E-state index contributed by atoms with van der Waals surface area (Å²) in [6.45, 7) is 6.15. The lowest BCUT2D eigenvalue weighted by Crippen LogP contribution is -2.47. The molecule has 0 bridgehead atoms. The molecule has 0 atom stereocenters. The zero-order valence-corrected chi connectivity index (χ0v) is 20.0. The zero-order chi connectivity index (χ0) is 23.3. The Hall–Kier alpha value is -3.51. The molecule has 3 aromatic carbocycles. The van der Waals surface area contributed by atoms with Gasteiger partial charge in [0.15, 0.2) is 5.17 Å². The van der Waals surface area contributed by atoms with Crippen molar-refractivity contribution in [2.45, 2.75) is 13.5 Å². The monoisotopic (exact) mass is 469 g/mol. The number of hydrogen-bond donors (Lipinski definition) is 0. The molecule has 5 rings (SSSR count). The first kappa shape index (κ1) is 22.3. The number of para-hydroxylation sites is 1. The number of thioether (sulfide) groups is 1. The number of nitrogens with zero attached hydrogens (tertiary/aromatic N) is 3. The lowest BCUT2D eigenvalue weighted by Gasteiger charge is -2.36. The van der Waals surface area contributed by atoms with Gasteiger partial charge in [-0.05, 0) is 60.2 Å². The average Bonchev–Trinajstić information content (AvgIpc) is 3.25. The highest BCUT2D eigenvalue weighted by Gasteiger charge is 2.28. The van der Waals surface area contributed by atoms with Crippen molar-refractivity contribution in [1.82, 2.24) is 4.90 Å². The van der Waals surface area contributed by atoms with Gasteiger partial charge in [0.25, 0.3) is 5.91 Å². The van der Waals surface area contributed by atoms with Crippen molar-refractivity contribution < 1.29 is 9.53 Å². The molecule has 34 heavy (non-hydrogen) atoms. The van der Waals surface area contributed by atoms with Gasteiger partial charge in [-0.3, -0.25) is 4.79 Å². The minimum absolute atomic E-state index is 0.162. The third-order valence-corrected chi connectivity index (χ3v) is 7.03. The molecular weight excluding hydrogens is 442 g/mol. The summed E-state index contributed by atoms with van der Waals surface area (Å²) in [5.74, 6) is 0.645. The van der Waals surface area contributed by atoms with Crippen LogP contribution in [-0.4, -0.2) is 42.2 Å². The Kier molecular flexibility index (Phi) is 6.67. The summed E-state index contributed by atoms with van der Waals surface area (Å²) in [5, 5.41) is 0.807. The standard InChI is InChI=1S/C28H27N3O2S/c1-21-7-9-23(10-8-21)20-33-25-13-11-22(12-14-25)19-26-27(32)29-28(34-26)31-17-15-30(16-18-31)24-5-3-2-4-6-24/h2-14,19H,15-18,20H2,1H3. The lowest BCUT2D eigenvalue weighted by molar-refractivity contribution is -0.113. The number of amidine groups is 1. The fraction of sp³-hybridized carbons (Fsp3) is 0.214. The van der Waals surface area contributed by atoms with Crippen molar-refractivity contribution in [3.63, 3.8) is 0 Å². The van der Waals surface area contributed by atoms with E-state index in [0.717, 1.165) is 48.2 Å². The van der Waals surface area contributed by atoms with Crippen LogP contribution in [0.15, 0.2) is 88.8 Å². The summed E-state index contributed by atoms with van der Waals surface area (Å²) in [4.78, 5) is 22.1. The minimum atomic E-state index is -0.162. The van der Waals surface area contributed by atoms with E-state index in [9.17, 15) is 4.79 Å². The minimum Gasteiger partial charge on any atom is -0.489 e. The molecule has 0 radical (unpaired) electrons. The van der Waals surface area contributed by atoms with Crippen LogP contribution in [0, 0.1) is 6.92 Å². The molecule has 172 valence electrons. The third-order valence-electron chi connectivity index (χ3n) is 5.98. The van der Waals surface area contributed by atoms with E-state index in [1.807, 2.05) is 36.4 Å². The van der Waals surface area contributed by atoms with Gasteiger partial charge in [0.2, 0.25) is 0 Å². The van der Waals surface area contributed by atoms with Gasteiger partial charge in [0.1, 0.15) is 12.4 Å². The smallest absolute Gasteiger partial charge is 0.286 e. The van der Waals surface area contributed by atoms with E-state index >= 15 is 0 Å². The average molecular weight is 470 g/mol. The van der Waals surface area contributed by atoms with Gasteiger partial charge in [0, 0.05) is 31.9 Å². The molecule has 0 unspecified atom stereocenters. The number of anilines is 1. The number of hydrogen-bond acceptors (Lipinski definition) is 5. The molecule has 0 aromatic heterocycles. The summed E-state index contributed by atoms with van der Waals surface area (Å²) in [6.07, 6.45) is 1.91. The number of aryl methyl sites for hydroxylation is 1. The molecule has 5 nitrogen and oxygen atoms in total. The van der Waals surface area contributed by atoms with Gasteiger partial charge in [-0.25, -0.2) is 0 Å². The Morgan fingerprint density at radius 3 is 2.26 bits per heavy atom. The molecule has 0 saturated carbocycles. The largest absolute Gasteiger partial charge is 0.489 e. The highest BCUT2D eigenvalue weighted by Crippen LogP contribution is 2.31. The van der Waals surface area contributed by atoms with E-state index in [1.165, 1.54) is 23.0 Å². The van der Waals surface area contributed by atoms with Gasteiger partial charge in [-0.1, -0.05) is 60.2 Å². The first-order valence-corrected chi connectivity index (χ1v) is 12.3. The molecular formula is C28H27N3O2S. The molecule has 0 N–H and O–H groups in total. The maximum Gasteiger partial charge on any atom is 0.286 e. The number of ether oxygens (including phenoxy) is 1. The predicted molar refractivity (Wildman–Crippen MR) is 140 cm³/mol. The highest BCUT2D eigenvalue weighted by atomic mass is 32.2. The van der Waals surface area contributed by atoms with Crippen LogP contribution in [0.25, 0.3) is 6.08 Å². The van der Waals surface area contributed by atoms with E-state index in [4.69, 9.17) is 4.74 Å². The van der Waals surface area contributed by atoms with Crippen LogP contribution >= 0.6 is 11.8 Å². The first-order chi connectivity index (χ1) is 16.6. The SMILES string of the molecule is Cc1ccc(COc2ccc(C=C3SC(N4CCN(c5ccccc5)CC4)=NC3=O)cc2)cc1. The van der Waals surface area contributed by atoms with E-state index in [2.05, 4.69) is 70.2 Å². The predicted octanol–water partition coefficient (Wildman–Crippen LogP) is 5.37. The fourth-order valence-corrected chi connectivity index (χ4v) is 4.96. The van der Waals surface area contributed by atoms with E-state index in [1.54, 1.807) is 0 Å². The normalized spacial score (nSPS) is 17.3. The first-order valence-electron chi connectivity index (χ1n) is 11.5. The Morgan fingerprint density at radius 1 is 0.882 bits per heavy atom. The van der Waals surface area contributed by atoms with Crippen molar-refractivity contribution in [3.8, 4) is 5.75 Å². The van der Waals surface area contributed by atoms with Crippen LogP contribution in [0.2, 0.25) is 0 Å². The van der Waals surface area contributed by atoms with Crippen molar-refractivity contribution in [2.24, 2.45) is 4.99 Å². The molecule has 1 saturated heterocycles. The Bertz CT molecular complexity index is 1200. The molecule has 0 spiro atoms. The molecule has 2 aliphatic rings. The van der Waals surface area contributed by atoms with E-state index in [0.29, 0.717) is 11.5 Å². The zero-order valence-electron chi connectivity index (χ0n) is 19.2. The third kappa shape index (κ3) is 5.34. The van der Waals surface area contributed by atoms with Crippen LogP contribution in [-0.2, 0) is 11.4 Å². The van der Waals surface area contributed by atoms with Gasteiger partial charge in [-0.2, -0.15) is 4.99 Å². The maximum absolute atomic E-state index is 12.5. The number of aliphatic imine (C=N–C) groups is 1. The molecule has 2 heterocycles. The number of carbonyl (C=O) groups is 1. The maximum atomic E-state index is 12.5. The van der Waals surface area contributed by atoms with Crippen molar-refractivity contribution in [1.29, 1.82) is 0 Å². The number of rotatable bonds is 5. The van der Waals surface area contributed by atoms with Crippen molar-refractivity contribution in [3.05, 3.63) is 100 Å². The number of amides is 1. The van der Waals surface area contributed by atoms with Crippen LogP contribution in [0.4, 0.5) is 5.69 Å². The highest BCUT2D eigenvalue weighted by molar-refractivity contribution is 8.18. The Balaban J connectivity index is 1.15. The van der Waals surface area contributed by atoms with E-state index < -0.39 is 0 Å². The molecule has 0 aliphatic carbocycles. The molecule has 1 amide bonds. The number of piperazine rings is 1. The summed E-state index contributed by atoms with van der Waals surface area (Å²) in [5.41, 5.74) is 4.58. The molecule has 2 aliphatic heterocycles. The van der Waals surface area contributed by atoms with Gasteiger partial charge >= 0.3 is 0 Å². The van der Waals surface area contributed by atoms with Crippen LogP contribution < -0.4 is 9.64 Å². The summed E-state index contributed by atoms with van der Waals surface area (Å²) >= 11 is 1.47. The second-order valence-electron chi connectivity index (χ2n) is 8.46. The second-order valence-corrected chi connectivity index (χ2v) is 9.47. The quantitative estimate of drug-likeness (QED) is 0.471. The van der Waals surface area contributed by atoms with Crippen LogP contribution in [0.1, 0.15) is 16.7 Å². The van der Waals surface area contributed by atoms with Crippen molar-refractivity contribution >= 4 is 34.6 Å². The summed E-state index contributed by atoms with van der Waals surface area (Å²) in [7, 11) is 0. The molecule has 6 heteroatoms. The van der Waals surface area contributed by atoms with Gasteiger partial charge in [-0.15, -0.1) is 0 Å². The molecule has 3 aromatic rings. The van der Waals surface area contributed by atoms with Gasteiger partial charge in [0.05, 0.1) is 4.91 Å². The fourth-order valence-electron chi connectivity index (χ4n) is 3.99. The van der Waals surface area contributed by atoms with E-state index in [-0.39, 0.29) is 5.91 Å². The summed E-state index contributed by atoms with van der Waals surface area (Å²) in [6, 6.07) is 26.6. The Labute approximate surface area is 204 Å². The Morgan fingerprint density at radius 2 is 1.56 bits per heavy atom. The molecule has 1 fully saturated rings. The number of carbonyl (C=O) groups excluding carboxylic acids is 1. The summed E-state index contributed by atoms with van der Waals surface area (Å²) < 4.78 is 5.89. The second kappa shape index (κ2) is 10.2. The topological polar surface area (TPSA) is 45.1 Å². The van der Waals surface area contributed by atoms with Crippen LogP contribution in [0.5, 0.6) is 5.75 Å². The lowest BCUT2D eigenvalue weighted by atomic mass is 10.1. The van der Waals surface area contributed by atoms with Crippen LogP contribution in [0.3, 0.4) is 0 Å². The van der Waals surface area contributed by atoms with Crippen molar-refractivity contribution in [2.75, 3.05) is 31.1 Å².